The molecular formula is C20H28N6O2. The second-order valence-electron chi connectivity index (χ2n) is 7.76. The molecule has 3 rings (SSSR count). The van der Waals surface area contributed by atoms with Crippen molar-refractivity contribution < 1.29 is 9.59 Å². The Bertz CT molecular complexity index is 762. The predicted octanol–water partition coefficient (Wildman–Crippen LogP) is 1.47. The third-order valence-electron chi connectivity index (χ3n) is 5.03. The van der Waals surface area contributed by atoms with Gasteiger partial charge in [0, 0.05) is 26.1 Å². The molecule has 8 heteroatoms. The molecule has 2 heterocycles. The highest BCUT2D eigenvalue weighted by molar-refractivity contribution is 5.83. The number of nitrogens with one attached hydrogen (secondary N) is 1. The molecule has 1 aromatic heterocycles. The summed E-state index contributed by atoms with van der Waals surface area (Å²) in [5, 5.41) is 14.3. The first-order valence-electron chi connectivity index (χ1n) is 9.87. The fourth-order valence-electron chi connectivity index (χ4n) is 3.49. The van der Waals surface area contributed by atoms with Gasteiger partial charge in [0.1, 0.15) is 12.4 Å². The highest BCUT2D eigenvalue weighted by Crippen LogP contribution is 2.22. The first-order chi connectivity index (χ1) is 13.5. The maximum absolute atomic E-state index is 13.3. The molecule has 2 atom stereocenters. The lowest BCUT2D eigenvalue weighted by atomic mass is 9.95. The van der Waals surface area contributed by atoms with Crippen molar-refractivity contribution in [1.29, 1.82) is 0 Å². The SMILES string of the molecule is CC(C)CNC(=O)[C@@H]1CCCN(C(=O)[C@@H](Cc2ccccc2)n2cnnn2)C1. The molecule has 0 unspecified atom stereocenters. The topological polar surface area (TPSA) is 93.0 Å². The number of carbonyl (C=O) groups is 2. The van der Waals surface area contributed by atoms with E-state index in [9.17, 15) is 9.59 Å². The first kappa shape index (κ1) is 20.0. The molecule has 8 nitrogen and oxygen atoms in total. The lowest BCUT2D eigenvalue weighted by molar-refractivity contribution is -0.139. The number of likely N-dealkylation sites (tertiary alicyclic amines) is 1. The zero-order valence-corrected chi connectivity index (χ0v) is 16.5. The Morgan fingerprint density at radius 2 is 2.04 bits per heavy atom. The number of tetrazole rings is 1. The monoisotopic (exact) mass is 384 g/mol. The highest BCUT2D eigenvalue weighted by atomic mass is 16.2. The minimum Gasteiger partial charge on any atom is -0.356 e. The molecule has 2 amide bonds. The second-order valence-corrected chi connectivity index (χ2v) is 7.76. The minimum absolute atomic E-state index is 0.0354. The number of carbonyl (C=O) groups excluding carboxylic acids is 2. The lowest BCUT2D eigenvalue weighted by Gasteiger charge is -2.34. The van der Waals surface area contributed by atoms with Crippen LogP contribution in [0.3, 0.4) is 0 Å². The van der Waals surface area contributed by atoms with E-state index in [1.165, 1.54) is 11.0 Å². The predicted molar refractivity (Wildman–Crippen MR) is 104 cm³/mol. The van der Waals surface area contributed by atoms with Crippen LogP contribution in [0.25, 0.3) is 0 Å². The van der Waals surface area contributed by atoms with Crippen molar-refractivity contribution in [2.45, 2.75) is 39.2 Å². The van der Waals surface area contributed by atoms with E-state index in [1.54, 1.807) is 4.90 Å². The number of hydrogen-bond acceptors (Lipinski definition) is 5. The van der Waals surface area contributed by atoms with Crippen molar-refractivity contribution in [2.24, 2.45) is 11.8 Å². The van der Waals surface area contributed by atoms with E-state index in [1.807, 2.05) is 30.3 Å². The number of piperidine rings is 1. The van der Waals surface area contributed by atoms with E-state index in [2.05, 4.69) is 34.7 Å². The van der Waals surface area contributed by atoms with E-state index in [0.29, 0.717) is 32.0 Å². The van der Waals surface area contributed by atoms with Crippen LogP contribution in [0, 0.1) is 11.8 Å². The van der Waals surface area contributed by atoms with Crippen LogP contribution in [-0.4, -0.2) is 56.6 Å². The molecule has 0 saturated carbocycles. The van der Waals surface area contributed by atoms with E-state index >= 15 is 0 Å². The Labute approximate surface area is 165 Å². The van der Waals surface area contributed by atoms with Crippen molar-refractivity contribution >= 4 is 11.8 Å². The molecule has 1 aromatic carbocycles. The highest BCUT2D eigenvalue weighted by Gasteiger charge is 2.33. The van der Waals surface area contributed by atoms with Crippen molar-refractivity contribution in [1.82, 2.24) is 30.4 Å². The maximum atomic E-state index is 13.3. The van der Waals surface area contributed by atoms with Gasteiger partial charge in [-0.25, -0.2) is 4.68 Å². The first-order valence-corrected chi connectivity index (χ1v) is 9.87. The second kappa shape index (κ2) is 9.43. The van der Waals surface area contributed by atoms with Gasteiger partial charge in [0.15, 0.2) is 0 Å². The van der Waals surface area contributed by atoms with Gasteiger partial charge < -0.3 is 10.2 Å². The molecular weight excluding hydrogens is 356 g/mol. The van der Waals surface area contributed by atoms with Gasteiger partial charge in [-0.05, 0) is 34.7 Å². The Hall–Kier alpha value is -2.77. The van der Waals surface area contributed by atoms with Gasteiger partial charge >= 0.3 is 0 Å². The molecule has 0 aliphatic carbocycles. The normalized spacial score (nSPS) is 18.1. The number of nitrogens with zero attached hydrogens (tertiary/aromatic N) is 5. The van der Waals surface area contributed by atoms with Gasteiger partial charge in [0.25, 0.3) is 0 Å². The number of rotatable bonds is 7. The van der Waals surface area contributed by atoms with Crippen LogP contribution in [0.4, 0.5) is 0 Å². The minimum atomic E-state index is -0.519. The van der Waals surface area contributed by atoms with Crippen molar-refractivity contribution in [3.63, 3.8) is 0 Å². The average molecular weight is 384 g/mol. The van der Waals surface area contributed by atoms with Crippen LogP contribution >= 0.6 is 0 Å². The lowest BCUT2D eigenvalue weighted by Crippen LogP contribution is -2.48. The summed E-state index contributed by atoms with van der Waals surface area (Å²) in [4.78, 5) is 27.6. The summed E-state index contributed by atoms with van der Waals surface area (Å²) in [6, 6.07) is 9.31. The third-order valence-corrected chi connectivity index (χ3v) is 5.03. The summed E-state index contributed by atoms with van der Waals surface area (Å²) in [5.41, 5.74) is 1.04. The Balaban J connectivity index is 1.70. The number of hydrogen-bond donors (Lipinski definition) is 1. The van der Waals surface area contributed by atoms with Gasteiger partial charge in [-0.1, -0.05) is 44.2 Å². The molecule has 1 N–H and O–H groups in total. The van der Waals surface area contributed by atoms with Gasteiger partial charge in [-0.15, -0.1) is 5.10 Å². The largest absolute Gasteiger partial charge is 0.356 e. The van der Waals surface area contributed by atoms with Crippen molar-refractivity contribution in [2.75, 3.05) is 19.6 Å². The van der Waals surface area contributed by atoms with Crippen molar-refractivity contribution in [3.05, 3.63) is 42.2 Å². The van der Waals surface area contributed by atoms with Crippen molar-refractivity contribution in [3.8, 4) is 0 Å². The van der Waals surface area contributed by atoms with E-state index < -0.39 is 6.04 Å². The summed E-state index contributed by atoms with van der Waals surface area (Å²) in [7, 11) is 0. The molecule has 1 fully saturated rings. The fraction of sp³-hybridized carbons (Fsp3) is 0.550. The van der Waals surface area contributed by atoms with E-state index in [0.717, 1.165) is 18.4 Å². The molecule has 0 radical (unpaired) electrons. The van der Waals surface area contributed by atoms with Crippen LogP contribution in [0.1, 0.15) is 38.3 Å². The molecule has 1 aliphatic rings. The van der Waals surface area contributed by atoms with Crippen LogP contribution in [-0.2, 0) is 16.0 Å². The summed E-state index contributed by atoms with van der Waals surface area (Å²) < 4.78 is 1.51. The molecule has 0 bridgehead atoms. The molecule has 1 saturated heterocycles. The van der Waals surface area contributed by atoms with E-state index in [4.69, 9.17) is 0 Å². The Morgan fingerprint density at radius 3 is 2.71 bits per heavy atom. The molecule has 0 spiro atoms. The van der Waals surface area contributed by atoms with Crippen LogP contribution < -0.4 is 5.32 Å². The average Bonchev–Trinajstić information content (AvgIpc) is 3.25. The number of aromatic nitrogens is 4. The molecule has 28 heavy (non-hydrogen) atoms. The summed E-state index contributed by atoms with van der Waals surface area (Å²) in [6.45, 7) is 5.88. The third kappa shape index (κ3) is 5.15. The van der Waals surface area contributed by atoms with Crippen LogP contribution in [0.15, 0.2) is 36.7 Å². The summed E-state index contributed by atoms with van der Waals surface area (Å²) >= 11 is 0. The molecule has 1 aliphatic heterocycles. The number of amides is 2. The molecule has 2 aromatic rings. The number of benzene rings is 1. The van der Waals surface area contributed by atoms with Crippen LogP contribution in [0.5, 0.6) is 0 Å². The van der Waals surface area contributed by atoms with Gasteiger partial charge in [-0.2, -0.15) is 0 Å². The summed E-state index contributed by atoms with van der Waals surface area (Å²) in [6.07, 6.45) is 3.61. The Morgan fingerprint density at radius 1 is 1.25 bits per heavy atom. The van der Waals surface area contributed by atoms with Crippen LogP contribution in [0.2, 0.25) is 0 Å². The van der Waals surface area contributed by atoms with Gasteiger partial charge in [0.05, 0.1) is 5.92 Å². The molecule has 150 valence electrons. The van der Waals surface area contributed by atoms with Gasteiger partial charge in [-0.3, -0.25) is 9.59 Å². The van der Waals surface area contributed by atoms with Gasteiger partial charge in [0.2, 0.25) is 11.8 Å². The fourth-order valence-corrected chi connectivity index (χ4v) is 3.49. The maximum Gasteiger partial charge on any atom is 0.247 e. The Kier molecular flexibility index (Phi) is 6.73. The quantitative estimate of drug-likeness (QED) is 0.780. The van der Waals surface area contributed by atoms with E-state index in [-0.39, 0.29) is 17.7 Å². The smallest absolute Gasteiger partial charge is 0.247 e. The zero-order valence-electron chi connectivity index (χ0n) is 16.5. The standard InChI is InChI=1S/C20H28N6O2/c1-15(2)12-21-19(27)17-9-6-10-25(13-17)20(28)18(26-14-22-23-24-26)11-16-7-4-3-5-8-16/h3-5,7-8,14-15,17-18H,6,9-13H2,1-2H3,(H,21,27)/t17-,18-/m1/s1. The summed E-state index contributed by atoms with van der Waals surface area (Å²) in [5.74, 6) is 0.230. The zero-order chi connectivity index (χ0) is 19.9.